The molecule has 4 rings (SSSR count). The van der Waals surface area contributed by atoms with Crippen LogP contribution < -0.4 is 10.1 Å². The molecular formula is C25H31N5OS. The lowest BCUT2D eigenvalue weighted by molar-refractivity contribution is 0.286. The first-order valence-corrected chi connectivity index (χ1v) is 11.5. The molecule has 0 spiro atoms. The van der Waals surface area contributed by atoms with Crippen LogP contribution in [-0.2, 0) is 0 Å². The second-order valence-electron chi connectivity index (χ2n) is 8.21. The fourth-order valence-corrected chi connectivity index (χ4v) is 4.60. The molecule has 2 atom stereocenters. The van der Waals surface area contributed by atoms with Crippen LogP contribution in [0.4, 0.5) is 0 Å². The van der Waals surface area contributed by atoms with E-state index in [1.54, 1.807) is 0 Å². The fourth-order valence-electron chi connectivity index (χ4n) is 4.27. The van der Waals surface area contributed by atoms with Crippen LogP contribution in [0.25, 0.3) is 5.69 Å². The molecule has 0 saturated carbocycles. The summed E-state index contributed by atoms with van der Waals surface area (Å²) in [7, 11) is 4.21. The zero-order valence-electron chi connectivity index (χ0n) is 18.9. The molecule has 1 aromatic carbocycles. The fraction of sp³-hybridized carbons (Fsp3) is 0.360. The highest BCUT2D eigenvalue weighted by atomic mass is 32.1. The zero-order valence-corrected chi connectivity index (χ0v) is 19.8. The molecule has 1 fully saturated rings. The number of benzene rings is 1. The van der Waals surface area contributed by atoms with E-state index in [2.05, 4.69) is 75.3 Å². The Morgan fingerprint density at radius 3 is 2.59 bits per heavy atom. The average Bonchev–Trinajstić information content (AvgIpc) is 3.39. The number of rotatable bonds is 9. The quantitative estimate of drug-likeness (QED) is 0.494. The second-order valence-corrected chi connectivity index (χ2v) is 8.59. The predicted octanol–water partition coefficient (Wildman–Crippen LogP) is 4.20. The van der Waals surface area contributed by atoms with Crippen LogP contribution in [-0.4, -0.2) is 58.3 Å². The van der Waals surface area contributed by atoms with E-state index in [4.69, 9.17) is 17.0 Å². The van der Waals surface area contributed by atoms with Crippen molar-refractivity contribution in [3.05, 3.63) is 78.4 Å². The molecular weight excluding hydrogens is 418 g/mol. The van der Waals surface area contributed by atoms with Gasteiger partial charge in [-0.3, -0.25) is 4.98 Å². The number of nitrogens with zero attached hydrogens (tertiary/aromatic N) is 4. The van der Waals surface area contributed by atoms with Crippen LogP contribution >= 0.6 is 12.2 Å². The van der Waals surface area contributed by atoms with E-state index in [0.717, 1.165) is 41.8 Å². The number of thiocarbonyl (C=S) groups is 1. The van der Waals surface area contributed by atoms with Gasteiger partial charge in [-0.2, -0.15) is 0 Å². The molecule has 32 heavy (non-hydrogen) atoms. The summed E-state index contributed by atoms with van der Waals surface area (Å²) in [4.78, 5) is 9.18. The third-order valence-electron chi connectivity index (χ3n) is 5.71. The van der Waals surface area contributed by atoms with Gasteiger partial charge in [0.15, 0.2) is 5.11 Å². The number of nitrogens with one attached hydrogen (secondary N) is 1. The maximum atomic E-state index is 5.80. The summed E-state index contributed by atoms with van der Waals surface area (Å²) in [6, 6.07) is 18.6. The van der Waals surface area contributed by atoms with Gasteiger partial charge in [0.1, 0.15) is 5.75 Å². The second kappa shape index (κ2) is 10.1. The summed E-state index contributed by atoms with van der Waals surface area (Å²) in [5.41, 5.74) is 3.27. The van der Waals surface area contributed by atoms with E-state index in [-0.39, 0.29) is 12.1 Å². The number of hydrogen-bond acceptors (Lipinski definition) is 4. The summed E-state index contributed by atoms with van der Waals surface area (Å²) in [5, 5.41) is 4.33. The highest BCUT2D eigenvalue weighted by Crippen LogP contribution is 2.39. The van der Waals surface area contributed by atoms with Crippen LogP contribution in [0.5, 0.6) is 5.75 Å². The Labute approximate surface area is 195 Å². The molecule has 7 heteroatoms. The van der Waals surface area contributed by atoms with Gasteiger partial charge in [0.2, 0.25) is 0 Å². The molecule has 0 unspecified atom stereocenters. The lowest BCUT2D eigenvalue weighted by Gasteiger charge is -2.29. The van der Waals surface area contributed by atoms with Gasteiger partial charge in [0.25, 0.3) is 0 Å². The lowest BCUT2D eigenvalue weighted by atomic mass is 10.0. The molecule has 0 aliphatic carbocycles. The highest BCUT2D eigenvalue weighted by molar-refractivity contribution is 7.80. The van der Waals surface area contributed by atoms with Crippen molar-refractivity contribution < 1.29 is 4.74 Å². The van der Waals surface area contributed by atoms with Gasteiger partial charge in [-0.15, -0.1) is 0 Å². The summed E-state index contributed by atoms with van der Waals surface area (Å²) >= 11 is 5.80. The maximum absolute atomic E-state index is 5.80. The van der Waals surface area contributed by atoms with E-state index >= 15 is 0 Å². The minimum Gasteiger partial charge on any atom is -0.494 e. The van der Waals surface area contributed by atoms with E-state index < -0.39 is 0 Å². The summed E-state index contributed by atoms with van der Waals surface area (Å²) in [6.45, 7) is 4.55. The minimum absolute atomic E-state index is 0.0144. The molecule has 168 valence electrons. The molecule has 3 heterocycles. The van der Waals surface area contributed by atoms with E-state index in [9.17, 15) is 0 Å². The first-order chi connectivity index (χ1) is 15.6. The molecule has 1 N–H and O–H groups in total. The Balaban J connectivity index is 1.70. The van der Waals surface area contributed by atoms with Crippen LogP contribution in [0.2, 0.25) is 0 Å². The van der Waals surface area contributed by atoms with E-state index in [0.29, 0.717) is 6.61 Å². The van der Waals surface area contributed by atoms with Crippen LogP contribution in [0.3, 0.4) is 0 Å². The van der Waals surface area contributed by atoms with Crippen molar-refractivity contribution in [3.8, 4) is 11.4 Å². The molecule has 6 nitrogen and oxygen atoms in total. The number of hydrogen-bond donors (Lipinski definition) is 1. The van der Waals surface area contributed by atoms with Crippen LogP contribution in [0, 0.1) is 0 Å². The summed E-state index contributed by atoms with van der Waals surface area (Å²) in [6.07, 6.45) is 4.99. The highest BCUT2D eigenvalue weighted by Gasteiger charge is 2.40. The SMILES string of the molecule is CCOc1ccc(-n2cccc2[C@@H]2[C@@H](c3ccccn3)NC(=S)N2CCCN(C)C)cc1. The summed E-state index contributed by atoms with van der Waals surface area (Å²) in [5.74, 6) is 0.880. The number of ether oxygens (including phenoxy) is 1. The van der Waals surface area contributed by atoms with Crippen molar-refractivity contribution in [2.45, 2.75) is 25.4 Å². The van der Waals surface area contributed by atoms with Crippen molar-refractivity contribution >= 4 is 17.3 Å². The van der Waals surface area contributed by atoms with Gasteiger partial charge in [-0.05, 0) is 94.7 Å². The van der Waals surface area contributed by atoms with Crippen LogP contribution in [0.1, 0.15) is 36.8 Å². The molecule has 1 saturated heterocycles. The first-order valence-electron chi connectivity index (χ1n) is 11.1. The zero-order chi connectivity index (χ0) is 22.5. The predicted molar refractivity (Wildman–Crippen MR) is 132 cm³/mol. The molecule has 0 radical (unpaired) electrons. The van der Waals surface area contributed by atoms with Gasteiger partial charge < -0.3 is 24.4 Å². The molecule has 1 aliphatic rings. The monoisotopic (exact) mass is 449 g/mol. The van der Waals surface area contributed by atoms with Gasteiger partial charge >= 0.3 is 0 Å². The third kappa shape index (κ3) is 4.79. The lowest BCUT2D eigenvalue weighted by Crippen LogP contribution is -2.32. The maximum Gasteiger partial charge on any atom is 0.170 e. The smallest absolute Gasteiger partial charge is 0.170 e. The van der Waals surface area contributed by atoms with E-state index in [1.807, 2.05) is 37.4 Å². The Kier molecular flexibility index (Phi) is 7.07. The molecule has 3 aromatic rings. The molecule has 1 aliphatic heterocycles. The number of aromatic nitrogens is 2. The Hall–Kier alpha value is -2.90. The Morgan fingerprint density at radius 1 is 1.09 bits per heavy atom. The molecule has 0 bridgehead atoms. The Bertz CT molecular complexity index is 1020. The average molecular weight is 450 g/mol. The van der Waals surface area contributed by atoms with Gasteiger partial charge in [-0.1, -0.05) is 6.07 Å². The van der Waals surface area contributed by atoms with Crippen molar-refractivity contribution in [3.63, 3.8) is 0 Å². The normalized spacial score (nSPS) is 18.2. The van der Waals surface area contributed by atoms with Crippen molar-refractivity contribution in [1.29, 1.82) is 0 Å². The standard InChI is InChI=1S/C25H31N5OS/c1-4-31-20-13-11-19(12-14-20)29-17-7-10-22(29)24-23(21-9-5-6-15-26-21)27-25(32)30(24)18-8-16-28(2)3/h5-7,9-15,17,23-24H,4,8,16,18H2,1-3H3,(H,27,32)/t23-,24-/m1/s1. The molecule has 2 aromatic heterocycles. The first kappa shape index (κ1) is 22.3. The van der Waals surface area contributed by atoms with Gasteiger partial charge in [0.05, 0.1) is 24.4 Å². The van der Waals surface area contributed by atoms with Gasteiger partial charge in [-0.25, -0.2) is 0 Å². The summed E-state index contributed by atoms with van der Waals surface area (Å²) < 4.78 is 7.86. The number of pyridine rings is 1. The van der Waals surface area contributed by atoms with Crippen molar-refractivity contribution in [2.75, 3.05) is 33.8 Å². The van der Waals surface area contributed by atoms with Gasteiger partial charge in [0, 0.05) is 30.3 Å². The van der Waals surface area contributed by atoms with Crippen LogP contribution in [0.15, 0.2) is 67.0 Å². The third-order valence-corrected chi connectivity index (χ3v) is 6.06. The largest absolute Gasteiger partial charge is 0.494 e. The van der Waals surface area contributed by atoms with E-state index in [1.165, 1.54) is 5.69 Å². The minimum atomic E-state index is -0.0144. The Morgan fingerprint density at radius 2 is 1.91 bits per heavy atom. The van der Waals surface area contributed by atoms with Crippen molar-refractivity contribution in [2.24, 2.45) is 0 Å². The topological polar surface area (TPSA) is 45.6 Å². The van der Waals surface area contributed by atoms with Crippen molar-refractivity contribution in [1.82, 2.24) is 24.7 Å². The molecule has 0 amide bonds.